The second-order valence-corrected chi connectivity index (χ2v) is 9.05. The zero-order chi connectivity index (χ0) is 25.9. The Morgan fingerprint density at radius 2 is 1.43 bits per heavy atom. The number of amides is 1. The minimum atomic E-state index is -0.303. The first-order valence-electron chi connectivity index (χ1n) is 12.3. The SMILES string of the molecule is COc1ccc(N2CCN(C(=O)c3cc(-c4cccc(OC)c4)n(-c4ccc(F)cc4)c3C)CC2)cc1. The molecule has 4 aromatic rings. The summed E-state index contributed by atoms with van der Waals surface area (Å²) in [6, 6.07) is 24.0. The molecule has 0 aliphatic carbocycles. The molecule has 0 atom stereocenters. The molecule has 190 valence electrons. The molecule has 3 aromatic carbocycles. The Kier molecular flexibility index (Phi) is 6.86. The minimum Gasteiger partial charge on any atom is -0.497 e. The Morgan fingerprint density at radius 3 is 2.08 bits per heavy atom. The van der Waals surface area contributed by atoms with Gasteiger partial charge in [-0.1, -0.05) is 12.1 Å². The maximum Gasteiger partial charge on any atom is 0.255 e. The van der Waals surface area contributed by atoms with Gasteiger partial charge in [-0.15, -0.1) is 0 Å². The van der Waals surface area contributed by atoms with E-state index in [0.717, 1.165) is 52.9 Å². The molecule has 37 heavy (non-hydrogen) atoms. The van der Waals surface area contributed by atoms with E-state index in [1.807, 2.05) is 71.0 Å². The van der Waals surface area contributed by atoms with Gasteiger partial charge in [-0.2, -0.15) is 0 Å². The maximum absolute atomic E-state index is 13.7. The molecular formula is C30H30FN3O3. The largest absolute Gasteiger partial charge is 0.497 e. The van der Waals surface area contributed by atoms with Gasteiger partial charge in [-0.05, 0) is 73.7 Å². The fourth-order valence-corrected chi connectivity index (χ4v) is 4.87. The number of nitrogens with zero attached hydrogens (tertiary/aromatic N) is 3. The quantitative estimate of drug-likeness (QED) is 0.348. The van der Waals surface area contributed by atoms with E-state index in [2.05, 4.69) is 4.90 Å². The highest BCUT2D eigenvalue weighted by Gasteiger charge is 2.27. The molecular weight excluding hydrogens is 469 g/mol. The summed E-state index contributed by atoms with van der Waals surface area (Å²) in [4.78, 5) is 17.9. The van der Waals surface area contributed by atoms with E-state index in [0.29, 0.717) is 18.7 Å². The number of benzene rings is 3. The van der Waals surface area contributed by atoms with E-state index in [4.69, 9.17) is 9.47 Å². The summed E-state index contributed by atoms with van der Waals surface area (Å²) in [6.07, 6.45) is 0. The number of halogens is 1. The predicted molar refractivity (Wildman–Crippen MR) is 144 cm³/mol. The van der Waals surface area contributed by atoms with Crippen LogP contribution in [0.3, 0.4) is 0 Å². The number of aromatic nitrogens is 1. The van der Waals surface area contributed by atoms with Crippen molar-refractivity contribution >= 4 is 11.6 Å². The summed E-state index contributed by atoms with van der Waals surface area (Å²) < 4.78 is 26.4. The lowest BCUT2D eigenvalue weighted by Crippen LogP contribution is -2.48. The van der Waals surface area contributed by atoms with Gasteiger partial charge in [0, 0.05) is 48.8 Å². The highest BCUT2D eigenvalue weighted by Crippen LogP contribution is 2.32. The van der Waals surface area contributed by atoms with E-state index in [1.54, 1.807) is 26.4 Å². The summed E-state index contributed by atoms with van der Waals surface area (Å²) in [5.74, 6) is 1.24. The molecule has 1 fully saturated rings. The lowest BCUT2D eigenvalue weighted by molar-refractivity contribution is 0.0746. The van der Waals surface area contributed by atoms with Crippen LogP contribution in [-0.4, -0.2) is 55.8 Å². The topological polar surface area (TPSA) is 46.9 Å². The van der Waals surface area contributed by atoms with Gasteiger partial charge < -0.3 is 23.8 Å². The van der Waals surface area contributed by atoms with Crippen LogP contribution in [0.25, 0.3) is 16.9 Å². The predicted octanol–water partition coefficient (Wildman–Crippen LogP) is 5.57. The first kappa shape index (κ1) is 24.4. The molecule has 0 saturated carbocycles. The highest BCUT2D eigenvalue weighted by molar-refractivity contribution is 5.97. The summed E-state index contributed by atoms with van der Waals surface area (Å²) in [5, 5.41) is 0. The third kappa shape index (κ3) is 4.89. The number of piperazine rings is 1. The van der Waals surface area contributed by atoms with Crippen molar-refractivity contribution in [3.05, 3.63) is 95.9 Å². The van der Waals surface area contributed by atoms with Crippen molar-refractivity contribution in [1.29, 1.82) is 0 Å². The fraction of sp³-hybridized carbons (Fsp3) is 0.233. The van der Waals surface area contributed by atoms with Gasteiger partial charge in [0.25, 0.3) is 5.91 Å². The highest BCUT2D eigenvalue weighted by atomic mass is 19.1. The molecule has 0 radical (unpaired) electrons. The van der Waals surface area contributed by atoms with Crippen molar-refractivity contribution in [2.45, 2.75) is 6.92 Å². The number of ether oxygens (including phenoxy) is 2. The Bertz CT molecular complexity index is 1390. The number of rotatable bonds is 6. The Balaban J connectivity index is 1.44. The van der Waals surface area contributed by atoms with Crippen LogP contribution in [0, 0.1) is 12.7 Å². The molecule has 0 spiro atoms. The summed E-state index contributed by atoms with van der Waals surface area (Å²) in [6.45, 7) is 4.69. The number of hydrogen-bond acceptors (Lipinski definition) is 4. The maximum atomic E-state index is 13.7. The lowest BCUT2D eigenvalue weighted by Gasteiger charge is -2.36. The second-order valence-electron chi connectivity index (χ2n) is 9.05. The lowest BCUT2D eigenvalue weighted by atomic mass is 10.1. The average molecular weight is 500 g/mol. The molecule has 7 heteroatoms. The van der Waals surface area contributed by atoms with Gasteiger partial charge in [0.1, 0.15) is 17.3 Å². The molecule has 1 saturated heterocycles. The van der Waals surface area contributed by atoms with Gasteiger partial charge in [0.15, 0.2) is 0 Å². The third-order valence-electron chi connectivity index (χ3n) is 6.93. The summed E-state index contributed by atoms with van der Waals surface area (Å²) in [7, 11) is 3.29. The number of hydrogen-bond donors (Lipinski definition) is 0. The van der Waals surface area contributed by atoms with Crippen LogP contribution in [-0.2, 0) is 0 Å². The fourth-order valence-electron chi connectivity index (χ4n) is 4.87. The van der Waals surface area contributed by atoms with E-state index in [1.165, 1.54) is 12.1 Å². The molecule has 6 nitrogen and oxygen atoms in total. The molecule has 0 bridgehead atoms. The van der Waals surface area contributed by atoms with Crippen LogP contribution in [0.1, 0.15) is 16.1 Å². The molecule has 1 aliphatic rings. The van der Waals surface area contributed by atoms with E-state index in [-0.39, 0.29) is 11.7 Å². The smallest absolute Gasteiger partial charge is 0.255 e. The Morgan fingerprint density at radius 1 is 0.784 bits per heavy atom. The van der Waals surface area contributed by atoms with E-state index < -0.39 is 0 Å². The van der Waals surface area contributed by atoms with Crippen LogP contribution in [0.5, 0.6) is 11.5 Å². The number of carbonyl (C=O) groups excluding carboxylic acids is 1. The van der Waals surface area contributed by atoms with Crippen LogP contribution >= 0.6 is 0 Å². The van der Waals surface area contributed by atoms with Crippen molar-refractivity contribution in [3.8, 4) is 28.4 Å². The zero-order valence-corrected chi connectivity index (χ0v) is 21.3. The van der Waals surface area contributed by atoms with Gasteiger partial charge in [-0.3, -0.25) is 4.79 Å². The van der Waals surface area contributed by atoms with Crippen molar-refractivity contribution in [3.63, 3.8) is 0 Å². The molecule has 0 unspecified atom stereocenters. The van der Waals surface area contributed by atoms with Gasteiger partial charge in [0.2, 0.25) is 0 Å². The molecule has 1 aliphatic heterocycles. The molecule has 2 heterocycles. The zero-order valence-electron chi connectivity index (χ0n) is 21.3. The Hall–Kier alpha value is -4.26. The van der Waals surface area contributed by atoms with Crippen molar-refractivity contribution in [1.82, 2.24) is 9.47 Å². The van der Waals surface area contributed by atoms with Gasteiger partial charge in [0.05, 0.1) is 25.5 Å². The summed E-state index contributed by atoms with van der Waals surface area (Å²) >= 11 is 0. The minimum absolute atomic E-state index is 0.00288. The van der Waals surface area contributed by atoms with Crippen LogP contribution in [0.4, 0.5) is 10.1 Å². The number of anilines is 1. The van der Waals surface area contributed by atoms with Crippen LogP contribution in [0.15, 0.2) is 78.9 Å². The molecule has 5 rings (SSSR count). The summed E-state index contributed by atoms with van der Waals surface area (Å²) in [5.41, 5.74) is 5.12. The average Bonchev–Trinajstić information content (AvgIpc) is 3.30. The number of methoxy groups -OCH3 is 2. The van der Waals surface area contributed by atoms with E-state index in [9.17, 15) is 9.18 Å². The molecule has 1 aromatic heterocycles. The van der Waals surface area contributed by atoms with Crippen molar-refractivity contribution in [2.75, 3.05) is 45.3 Å². The number of carbonyl (C=O) groups is 1. The standard InChI is InChI=1S/C30H30FN3O3/c1-21-28(30(35)33-17-15-32(16-18-33)24-11-13-26(36-2)14-12-24)20-29(22-5-4-6-27(19-22)37-3)34(21)25-9-7-23(31)8-10-25/h4-14,19-20H,15-18H2,1-3H3. The molecule has 0 N–H and O–H groups in total. The normalized spacial score (nSPS) is 13.5. The Labute approximate surface area is 216 Å². The third-order valence-corrected chi connectivity index (χ3v) is 6.93. The first-order valence-corrected chi connectivity index (χ1v) is 12.3. The second kappa shape index (κ2) is 10.4. The van der Waals surface area contributed by atoms with Crippen LogP contribution < -0.4 is 14.4 Å². The van der Waals surface area contributed by atoms with E-state index >= 15 is 0 Å². The van der Waals surface area contributed by atoms with Crippen molar-refractivity contribution in [2.24, 2.45) is 0 Å². The molecule has 1 amide bonds. The van der Waals surface area contributed by atoms with Crippen molar-refractivity contribution < 1.29 is 18.7 Å². The monoisotopic (exact) mass is 499 g/mol. The van der Waals surface area contributed by atoms with Gasteiger partial charge in [-0.25, -0.2) is 4.39 Å². The first-order chi connectivity index (χ1) is 18.0. The van der Waals surface area contributed by atoms with Crippen LogP contribution in [0.2, 0.25) is 0 Å². The van der Waals surface area contributed by atoms with Gasteiger partial charge >= 0.3 is 0 Å².